The van der Waals surface area contributed by atoms with Crippen LogP contribution < -0.4 is 4.90 Å². The highest BCUT2D eigenvalue weighted by Crippen LogP contribution is 2.24. The highest BCUT2D eigenvalue weighted by molar-refractivity contribution is 5.98. The Hall–Kier alpha value is -2.15. The summed E-state index contributed by atoms with van der Waals surface area (Å²) in [4.78, 5) is 17.9. The molecule has 0 aliphatic carbocycles. The van der Waals surface area contributed by atoms with Crippen LogP contribution in [0, 0.1) is 0 Å². The van der Waals surface area contributed by atoms with Gasteiger partial charge < -0.3 is 9.47 Å². The second-order valence-electron chi connectivity index (χ2n) is 5.59. The first-order valence-corrected chi connectivity index (χ1v) is 6.70. The van der Waals surface area contributed by atoms with Crippen molar-refractivity contribution in [1.29, 1.82) is 0 Å². The second-order valence-corrected chi connectivity index (χ2v) is 5.59. The average Bonchev–Trinajstić information content (AvgIpc) is 2.81. The summed E-state index contributed by atoms with van der Waals surface area (Å²) in [7, 11) is 1.58. The number of aromatic amines is 1. The molecule has 2 heterocycles. The number of anilines is 1. The molecule has 0 aliphatic heterocycles. The van der Waals surface area contributed by atoms with Crippen molar-refractivity contribution in [3.63, 3.8) is 0 Å². The van der Waals surface area contributed by atoms with Crippen LogP contribution in [0.4, 0.5) is 10.6 Å². The molecule has 0 radical (unpaired) electrons. The van der Waals surface area contributed by atoms with Gasteiger partial charge >= 0.3 is 6.09 Å². The molecule has 7 heteroatoms. The number of methoxy groups -OCH3 is 1. The summed E-state index contributed by atoms with van der Waals surface area (Å²) >= 11 is 0. The van der Waals surface area contributed by atoms with E-state index in [4.69, 9.17) is 9.47 Å². The zero-order valence-electron chi connectivity index (χ0n) is 12.7. The largest absolute Gasteiger partial charge is 0.443 e. The van der Waals surface area contributed by atoms with Crippen LogP contribution >= 0.6 is 0 Å². The third-order valence-corrected chi connectivity index (χ3v) is 2.73. The number of rotatable bonds is 4. The molecule has 1 amide bonds. The minimum absolute atomic E-state index is 0.355. The Bertz CT molecular complexity index is 618. The average molecular weight is 292 g/mol. The van der Waals surface area contributed by atoms with Gasteiger partial charge in [-0.2, -0.15) is 5.10 Å². The molecular formula is C14H20N4O3. The highest BCUT2D eigenvalue weighted by atomic mass is 16.6. The van der Waals surface area contributed by atoms with Gasteiger partial charge in [0.05, 0.1) is 24.9 Å². The maximum Gasteiger partial charge on any atom is 0.416 e. The van der Waals surface area contributed by atoms with Crippen LogP contribution in [-0.2, 0) is 9.47 Å². The monoisotopic (exact) mass is 292 g/mol. The lowest BCUT2D eigenvalue weighted by atomic mass is 10.2. The van der Waals surface area contributed by atoms with Gasteiger partial charge in [-0.05, 0) is 26.8 Å². The van der Waals surface area contributed by atoms with Gasteiger partial charge in [-0.15, -0.1) is 0 Å². The van der Waals surface area contributed by atoms with E-state index in [1.165, 1.54) is 4.90 Å². The normalized spacial score (nSPS) is 11.6. The maximum absolute atomic E-state index is 12.4. The molecule has 0 spiro atoms. The molecule has 21 heavy (non-hydrogen) atoms. The van der Waals surface area contributed by atoms with Crippen LogP contribution in [0.3, 0.4) is 0 Å². The SMILES string of the molecule is COCCN(C(=O)OC(C)(C)C)c1n[nH]c2cnccc12. The summed E-state index contributed by atoms with van der Waals surface area (Å²) in [6.45, 7) is 6.22. The predicted octanol–water partition coefficient (Wildman–Crippen LogP) is 2.35. The molecule has 0 saturated heterocycles. The van der Waals surface area contributed by atoms with Crippen LogP contribution in [0.25, 0.3) is 10.9 Å². The third kappa shape index (κ3) is 3.69. The lowest BCUT2D eigenvalue weighted by Crippen LogP contribution is -2.39. The number of hydrogen-bond acceptors (Lipinski definition) is 5. The number of ether oxygens (including phenoxy) is 2. The van der Waals surface area contributed by atoms with Crippen molar-refractivity contribution in [3.8, 4) is 0 Å². The fourth-order valence-electron chi connectivity index (χ4n) is 1.84. The Morgan fingerprint density at radius 1 is 1.43 bits per heavy atom. The first-order chi connectivity index (χ1) is 9.92. The summed E-state index contributed by atoms with van der Waals surface area (Å²) < 4.78 is 10.5. The lowest BCUT2D eigenvalue weighted by molar-refractivity contribution is 0.0568. The summed E-state index contributed by atoms with van der Waals surface area (Å²) in [6, 6.07) is 1.80. The lowest BCUT2D eigenvalue weighted by Gasteiger charge is -2.26. The number of aromatic nitrogens is 3. The number of pyridine rings is 1. The number of amides is 1. The zero-order chi connectivity index (χ0) is 15.5. The Kier molecular flexibility index (Phi) is 4.42. The third-order valence-electron chi connectivity index (χ3n) is 2.73. The molecule has 2 rings (SSSR count). The number of hydrogen-bond donors (Lipinski definition) is 1. The highest BCUT2D eigenvalue weighted by Gasteiger charge is 2.26. The van der Waals surface area contributed by atoms with E-state index in [2.05, 4.69) is 15.2 Å². The van der Waals surface area contributed by atoms with Gasteiger partial charge in [0, 0.05) is 18.7 Å². The number of fused-ring (bicyclic) bond motifs is 1. The van der Waals surface area contributed by atoms with E-state index >= 15 is 0 Å². The molecule has 0 atom stereocenters. The molecule has 114 valence electrons. The van der Waals surface area contributed by atoms with Crippen LogP contribution in [-0.4, -0.2) is 47.1 Å². The molecule has 2 aromatic rings. The van der Waals surface area contributed by atoms with E-state index in [0.717, 1.165) is 10.9 Å². The first kappa shape index (κ1) is 15.2. The topological polar surface area (TPSA) is 80.3 Å². The van der Waals surface area contributed by atoms with Gasteiger partial charge in [-0.3, -0.25) is 15.0 Å². The van der Waals surface area contributed by atoms with Crippen molar-refractivity contribution >= 4 is 22.8 Å². The Morgan fingerprint density at radius 3 is 2.86 bits per heavy atom. The van der Waals surface area contributed by atoms with Crippen molar-refractivity contribution in [3.05, 3.63) is 18.5 Å². The summed E-state index contributed by atoms with van der Waals surface area (Å²) in [5.41, 5.74) is 0.189. The zero-order valence-corrected chi connectivity index (χ0v) is 12.7. The molecule has 0 bridgehead atoms. The van der Waals surface area contributed by atoms with Gasteiger partial charge in [-0.25, -0.2) is 4.79 Å². The van der Waals surface area contributed by atoms with E-state index in [-0.39, 0.29) is 0 Å². The van der Waals surface area contributed by atoms with Crippen molar-refractivity contribution < 1.29 is 14.3 Å². The van der Waals surface area contributed by atoms with Gasteiger partial charge in [0.25, 0.3) is 0 Å². The molecule has 0 fully saturated rings. The maximum atomic E-state index is 12.4. The van der Waals surface area contributed by atoms with E-state index in [1.807, 2.05) is 20.8 Å². The Morgan fingerprint density at radius 2 is 2.19 bits per heavy atom. The molecule has 0 saturated carbocycles. The molecule has 2 aromatic heterocycles. The second kappa shape index (κ2) is 6.09. The van der Waals surface area contributed by atoms with Crippen molar-refractivity contribution in [1.82, 2.24) is 15.2 Å². The number of carbonyl (C=O) groups is 1. The van der Waals surface area contributed by atoms with E-state index in [1.54, 1.807) is 25.6 Å². The van der Waals surface area contributed by atoms with Crippen LogP contribution in [0.5, 0.6) is 0 Å². The predicted molar refractivity (Wildman–Crippen MR) is 79.3 cm³/mol. The fraction of sp³-hybridized carbons (Fsp3) is 0.500. The number of nitrogens with one attached hydrogen (secondary N) is 1. The van der Waals surface area contributed by atoms with Crippen LogP contribution in [0.2, 0.25) is 0 Å². The van der Waals surface area contributed by atoms with E-state index in [9.17, 15) is 4.79 Å². The summed E-state index contributed by atoms with van der Waals surface area (Å²) in [6.07, 6.45) is 2.87. The number of H-pyrrole nitrogens is 1. The molecule has 1 N–H and O–H groups in total. The quantitative estimate of drug-likeness (QED) is 0.935. The molecule has 0 unspecified atom stereocenters. The standard InChI is InChI=1S/C14H20N4O3/c1-14(2,3)21-13(19)18(7-8-20-4)12-10-5-6-15-9-11(10)16-17-12/h5-6,9H,7-8H2,1-4H3,(H,16,17). The van der Waals surface area contributed by atoms with E-state index in [0.29, 0.717) is 19.0 Å². The van der Waals surface area contributed by atoms with Crippen LogP contribution in [0.1, 0.15) is 20.8 Å². The fourth-order valence-corrected chi connectivity index (χ4v) is 1.84. The number of carbonyl (C=O) groups excluding carboxylic acids is 1. The van der Waals surface area contributed by atoms with E-state index < -0.39 is 11.7 Å². The smallest absolute Gasteiger partial charge is 0.416 e. The Labute approximate surface area is 123 Å². The van der Waals surface area contributed by atoms with Gasteiger partial charge in [0.2, 0.25) is 0 Å². The Balaban J connectivity index is 2.33. The summed E-state index contributed by atoms with van der Waals surface area (Å²) in [5, 5.41) is 7.88. The molecule has 0 aromatic carbocycles. The molecule has 0 aliphatic rings. The van der Waals surface area contributed by atoms with Crippen LogP contribution in [0.15, 0.2) is 18.5 Å². The van der Waals surface area contributed by atoms with Gasteiger partial charge in [0.1, 0.15) is 5.60 Å². The first-order valence-electron chi connectivity index (χ1n) is 6.70. The summed E-state index contributed by atoms with van der Waals surface area (Å²) in [5.74, 6) is 0.513. The molecule has 7 nitrogen and oxygen atoms in total. The minimum Gasteiger partial charge on any atom is -0.443 e. The van der Waals surface area contributed by atoms with Gasteiger partial charge in [0.15, 0.2) is 5.82 Å². The molecular weight excluding hydrogens is 272 g/mol. The van der Waals surface area contributed by atoms with Gasteiger partial charge in [-0.1, -0.05) is 0 Å². The number of nitrogens with zero attached hydrogens (tertiary/aromatic N) is 3. The van der Waals surface area contributed by atoms with Crippen molar-refractivity contribution in [2.24, 2.45) is 0 Å². The minimum atomic E-state index is -0.573. The van der Waals surface area contributed by atoms with Crippen molar-refractivity contribution in [2.45, 2.75) is 26.4 Å². The van der Waals surface area contributed by atoms with Crippen molar-refractivity contribution in [2.75, 3.05) is 25.2 Å².